The van der Waals surface area contributed by atoms with Crippen LogP contribution in [-0.2, 0) is 0 Å². The zero-order valence-corrected chi connectivity index (χ0v) is 10.8. The standard InChI is InChI=1S/C16H12O4/c1-19-15-5-3-2-4-12(15)13-9-10-8-11(17)6-7-14(10)20-16(13)18/h2-9,17H,1H3. The van der Waals surface area contributed by atoms with Gasteiger partial charge >= 0.3 is 5.63 Å². The largest absolute Gasteiger partial charge is 0.508 e. The first kappa shape index (κ1) is 12.3. The Labute approximate surface area is 114 Å². The second kappa shape index (κ2) is 4.74. The molecule has 2 aromatic carbocycles. The SMILES string of the molecule is COc1ccccc1-c1cc2cc(O)ccc2oc1=O. The van der Waals surface area contributed by atoms with E-state index in [9.17, 15) is 9.90 Å². The summed E-state index contributed by atoms with van der Waals surface area (Å²) in [5.41, 5.74) is 1.06. The van der Waals surface area contributed by atoms with Crippen LogP contribution < -0.4 is 10.4 Å². The van der Waals surface area contributed by atoms with Crippen LogP contribution in [0.4, 0.5) is 0 Å². The topological polar surface area (TPSA) is 59.7 Å². The number of methoxy groups -OCH3 is 1. The highest BCUT2D eigenvalue weighted by molar-refractivity contribution is 5.84. The third kappa shape index (κ3) is 2.01. The maximum Gasteiger partial charge on any atom is 0.344 e. The van der Waals surface area contributed by atoms with Gasteiger partial charge in [-0.15, -0.1) is 0 Å². The minimum Gasteiger partial charge on any atom is -0.508 e. The molecule has 0 saturated heterocycles. The van der Waals surface area contributed by atoms with Gasteiger partial charge in [-0.3, -0.25) is 0 Å². The van der Waals surface area contributed by atoms with Crippen LogP contribution in [0.1, 0.15) is 0 Å². The minimum absolute atomic E-state index is 0.123. The van der Waals surface area contributed by atoms with Crippen LogP contribution in [0, 0.1) is 0 Å². The van der Waals surface area contributed by atoms with Gasteiger partial charge in [0.05, 0.1) is 12.7 Å². The third-order valence-electron chi connectivity index (χ3n) is 3.11. The summed E-state index contributed by atoms with van der Waals surface area (Å²) in [6.07, 6.45) is 0. The smallest absolute Gasteiger partial charge is 0.344 e. The predicted octanol–water partition coefficient (Wildman–Crippen LogP) is 3.17. The van der Waals surface area contributed by atoms with Crippen molar-refractivity contribution in [1.29, 1.82) is 0 Å². The van der Waals surface area contributed by atoms with Crippen LogP contribution in [0.25, 0.3) is 22.1 Å². The summed E-state index contributed by atoms with van der Waals surface area (Å²) in [5.74, 6) is 0.719. The number of phenolic OH excluding ortho intramolecular Hbond substituents is 1. The second-order valence-corrected chi connectivity index (χ2v) is 4.37. The molecule has 4 nitrogen and oxygen atoms in total. The molecule has 0 spiro atoms. The minimum atomic E-state index is -0.437. The first-order chi connectivity index (χ1) is 9.69. The fourth-order valence-electron chi connectivity index (χ4n) is 2.17. The first-order valence-electron chi connectivity index (χ1n) is 6.09. The van der Waals surface area contributed by atoms with E-state index in [0.29, 0.717) is 27.8 Å². The van der Waals surface area contributed by atoms with Crippen molar-refractivity contribution in [2.75, 3.05) is 7.11 Å². The molecule has 0 bridgehead atoms. The molecule has 0 atom stereocenters. The Morgan fingerprint density at radius 3 is 2.65 bits per heavy atom. The maximum atomic E-state index is 12.1. The molecule has 0 unspecified atom stereocenters. The van der Waals surface area contributed by atoms with Gasteiger partial charge in [-0.1, -0.05) is 18.2 Å². The van der Waals surface area contributed by atoms with E-state index in [1.807, 2.05) is 12.1 Å². The average molecular weight is 268 g/mol. The number of hydrogen-bond donors (Lipinski definition) is 1. The molecule has 1 aromatic heterocycles. The van der Waals surface area contributed by atoms with Gasteiger partial charge in [0, 0.05) is 10.9 Å². The summed E-state index contributed by atoms with van der Waals surface area (Å²) in [6.45, 7) is 0. The molecular formula is C16H12O4. The van der Waals surface area contributed by atoms with E-state index in [2.05, 4.69) is 0 Å². The summed E-state index contributed by atoms with van der Waals surface area (Å²) in [5, 5.41) is 10.2. The van der Waals surface area contributed by atoms with Crippen molar-refractivity contribution in [3.63, 3.8) is 0 Å². The molecule has 0 aliphatic heterocycles. The summed E-state index contributed by atoms with van der Waals surface area (Å²) < 4.78 is 10.5. The zero-order valence-electron chi connectivity index (χ0n) is 10.8. The van der Waals surface area contributed by atoms with Gasteiger partial charge in [-0.2, -0.15) is 0 Å². The Bertz CT molecular complexity index is 833. The van der Waals surface area contributed by atoms with E-state index in [-0.39, 0.29) is 5.75 Å². The Hall–Kier alpha value is -2.75. The van der Waals surface area contributed by atoms with Gasteiger partial charge in [-0.05, 0) is 30.3 Å². The van der Waals surface area contributed by atoms with Crippen molar-refractivity contribution in [1.82, 2.24) is 0 Å². The van der Waals surface area contributed by atoms with Gasteiger partial charge in [0.15, 0.2) is 0 Å². The lowest BCUT2D eigenvalue weighted by Crippen LogP contribution is -2.03. The monoisotopic (exact) mass is 268 g/mol. The van der Waals surface area contributed by atoms with Crippen LogP contribution in [-0.4, -0.2) is 12.2 Å². The molecule has 100 valence electrons. The number of hydrogen-bond acceptors (Lipinski definition) is 4. The third-order valence-corrected chi connectivity index (χ3v) is 3.11. The van der Waals surface area contributed by atoms with Crippen LogP contribution >= 0.6 is 0 Å². The van der Waals surface area contributed by atoms with Crippen LogP contribution in [0.15, 0.2) is 57.7 Å². The summed E-state index contributed by atoms with van der Waals surface area (Å²) in [4.78, 5) is 12.1. The average Bonchev–Trinajstić information content (AvgIpc) is 2.47. The highest BCUT2D eigenvalue weighted by Crippen LogP contribution is 2.30. The zero-order chi connectivity index (χ0) is 14.1. The maximum absolute atomic E-state index is 12.1. The number of fused-ring (bicyclic) bond motifs is 1. The number of para-hydroxylation sites is 1. The quantitative estimate of drug-likeness (QED) is 0.725. The van der Waals surface area contributed by atoms with Crippen molar-refractivity contribution < 1.29 is 14.3 Å². The van der Waals surface area contributed by atoms with Gasteiger partial charge < -0.3 is 14.3 Å². The van der Waals surface area contributed by atoms with E-state index in [4.69, 9.17) is 9.15 Å². The van der Waals surface area contributed by atoms with Crippen LogP contribution in [0.5, 0.6) is 11.5 Å². The highest BCUT2D eigenvalue weighted by Gasteiger charge is 2.12. The normalized spacial score (nSPS) is 10.7. The molecule has 1 N–H and O–H groups in total. The van der Waals surface area contributed by atoms with Gasteiger partial charge in [0.2, 0.25) is 0 Å². The molecule has 4 heteroatoms. The fourth-order valence-corrected chi connectivity index (χ4v) is 2.17. The molecule has 3 rings (SSSR count). The summed E-state index contributed by atoms with van der Waals surface area (Å²) in [7, 11) is 1.55. The number of benzene rings is 2. The molecule has 1 heterocycles. The molecular weight excluding hydrogens is 256 g/mol. The Morgan fingerprint density at radius 2 is 1.85 bits per heavy atom. The molecule has 3 aromatic rings. The van der Waals surface area contributed by atoms with Crippen LogP contribution in [0.2, 0.25) is 0 Å². The molecule has 0 fully saturated rings. The number of ether oxygens (including phenoxy) is 1. The van der Waals surface area contributed by atoms with Gasteiger partial charge in [-0.25, -0.2) is 4.79 Å². The number of aromatic hydroxyl groups is 1. The highest BCUT2D eigenvalue weighted by atomic mass is 16.5. The molecule has 0 radical (unpaired) electrons. The fraction of sp³-hybridized carbons (Fsp3) is 0.0625. The molecule has 0 aliphatic carbocycles. The summed E-state index contributed by atoms with van der Waals surface area (Å²) in [6, 6.07) is 13.5. The first-order valence-corrected chi connectivity index (χ1v) is 6.09. The van der Waals surface area contributed by atoms with Crippen molar-refractivity contribution in [2.24, 2.45) is 0 Å². The van der Waals surface area contributed by atoms with Crippen LogP contribution in [0.3, 0.4) is 0 Å². The Balaban J connectivity index is 2.30. The van der Waals surface area contributed by atoms with Crippen molar-refractivity contribution in [2.45, 2.75) is 0 Å². The predicted molar refractivity (Wildman–Crippen MR) is 76.1 cm³/mol. The Morgan fingerprint density at radius 1 is 1.05 bits per heavy atom. The lowest BCUT2D eigenvalue weighted by molar-refractivity contribution is 0.416. The second-order valence-electron chi connectivity index (χ2n) is 4.37. The number of rotatable bonds is 2. The van der Waals surface area contributed by atoms with E-state index < -0.39 is 5.63 Å². The van der Waals surface area contributed by atoms with E-state index in [0.717, 1.165) is 0 Å². The van der Waals surface area contributed by atoms with E-state index in [1.165, 1.54) is 6.07 Å². The lowest BCUT2D eigenvalue weighted by atomic mass is 10.0. The van der Waals surface area contributed by atoms with E-state index >= 15 is 0 Å². The molecule has 0 amide bonds. The lowest BCUT2D eigenvalue weighted by Gasteiger charge is -2.07. The van der Waals surface area contributed by atoms with Crippen molar-refractivity contribution in [3.05, 3.63) is 59.0 Å². The molecule has 0 saturated carbocycles. The van der Waals surface area contributed by atoms with Crippen molar-refractivity contribution >= 4 is 11.0 Å². The molecule has 20 heavy (non-hydrogen) atoms. The van der Waals surface area contributed by atoms with E-state index in [1.54, 1.807) is 37.4 Å². The van der Waals surface area contributed by atoms with Gasteiger partial charge in [0.25, 0.3) is 0 Å². The molecule has 0 aliphatic rings. The van der Waals surface area contributed by atoms with Gasteiger partial charge in [0.1, 0.15) is 17.1 Å². The summed E-state index contributed by atoms with van der Waals surface area (Å²) >= 11 is 0. The number of phenols is 1. The van der Waals surface area contributed by atoms with Crippen molar-refractivity contribution in [3.8, 4) is 22.6 Å². The Kier molecular flexibility index (Phi) is 2.91.